The van der Waals surface area contributed by atoms with Crippen LogP contribution >= 0.6 is 11.6 Å². The Bertz CT molecular complexity index is 1220. The maximum absolute atomic E-state index is 12.2. The molecule has 4 rings (SSSR count). The van der Waals surface area contributed by atoms with E-state index in [1.54, 1.807) is 36.7 Å². The third-order valence-corrected chi connectivity index (χ3v) is 4.38. The minimum atomic E-state index is -0.424. The minimum absolute atomic E-state index is 0.129. The van der Waals surface area contributed by atoms with Gasteiger partial charge in [0.25, 0.3) is 11.4 Å². The Morgan fingerprint density at radius 1 is 1.13 bits per heavy atom. The van der Waals surface area contributed by atoms with Gasteiger partial charge in [0.1, 0.15) is 12.2 Å². The van der Waals surface area contributed by atoms with Gasteiger partial charge < -0.3 is 9.84 Å². The number of nitrogens with one attached hydrogen (secondary N) is 1. The molecule has 1 amide bonds. The van der Waals surface area contributed by atoms with Gasteiger partial charge in [0.2, 0.25) is 11.7 Å². The van der Waals surface area contributed by atoms with Gasteiger partial charge in [0.15, 0.2) is 0 Å². The van der Waals surface area contributed by atoms with E-state index in [2.05, 4.69) is 25.5 Å². The topological polar surface area (TPSA) is 116 Å². The number of nitrogens with zero attached hydrogens (tertiary/aromatic N) is 5. The fraction of sp³-hybridized carbons (Fsp3) is 0.100. The van der Waals surface area contributed by atoms with Crippen LogP contribution in [-0.4, -0.2) is 30.8 Å². The van der Waals surface area contributed by atoms with Crippen molar-refractivity contribution >= 4 is 17.5 Å². The molecule has 3 heterocycles. The normalized spacial score (nSPS) is 10.7. The summed E-state index contributed by atoms with van der Waals surface area (Å²) in [4.78, 5) is 32.6. The molecule has 0 saturated heterocycles. The molecule has 0 spiro atoms. The van der Waals surface area contributed by atoms with Crippen LogP contribution in [0.25, 0.3) is 23.0 Å². The van der Waals surface area contributed by atoms with Crippen molar-refractivity contribution in [3.05, 3.63) is 81.9 Å². The molecule has 4 aromatic rings. The molecule has 0 radical (unpaired) electrons. The molecule has 10 heteroatoms. The smallest absolute Gasteiger partial charge is 0.278 e. The van der Waals surface area contributed by atoms with Gasteiger partial charge in [-0.15, -0.1) is 0 Å². The summed E-state index contributed by atoms with van der Waals surface area (Å²) in [6, 6.07) is 13.4. The molecule has 0 bridgehead atoms. The van der Waals surface area contributed by atoms with Crippen molar-refractivity contribution in [1.82, 2.24) is 30.2 Å². The zero-order valence-corrected chi connectivity index (χ0v) is 16.3. The van der Waals surface area contributed by atoms with E-state index in [0.717, 1.165) is 10.2 Å². The molecule has 9 nitrogen and oxygen atoms in total. The van der Waals surface area contributed by atoms with Crippen molar-refractivity contribution < 1.29 is 9.32 Å². The van der Waals surface area contributed by atoms with E-state index in [-0.39, 0.29) is 24.0 Å². The highest BCUT2D eigenvalue weighted by molar-refractivity contribution is 6.30. The van der Waals surface area contributed by atoms with Crippen LogP contribution in [-0.2, 0) is 17.9 Å². The van der Waals surface area contributed by atoms with Crippen LogP contribution in [0, 0.1) is 0 Å². The minimum Gasteiger partial charge on any atom is -0.350 e. The largest absolute Gasteiger partial charge is 0.350 e. The summed E-state index contributed by atoms with van der Waals surface area (Å²) in [6.45, 7) is 0.0619. The predicted molar refractivity (Wildman–Crippen MR) is 108 cm³/mol. The zero-order valence-electron chi connectivity index (χ0n) is 15.5. The Labute approximate surface area is 175 Å². The van der Waals surface area contributed by atoms with Crippen LogP contribution < -0.4 is 10.9 Å². The molecular formula is C20H15ClN6O3. The molecule has 0 saturated carbocycles. The average molecular weight is 423 g/mol. The average Bonchev–Trinajstić information content (AvgIpc) is 3.26. The highest BCUT2D eigenvalue weighted by Gasteiger charge is 2.14. The van der Waals surface area contributed by atoms with Crippen LogP contribution in [0.5, 0.6) is 0 Å². The number of hydrogen-bond acceptors (Lipinski definition) is 7. The summed E-state index contributed by atoms with van der Waals surface area (Å²) in [7, 11) is 0. The van der Waals surface area contributed by atoms with Crippen molar-refractivity contribution in [3.63, 3.8) is 0 Å². The number of hydrogen-bond donors (Lipinski definition) is 1. The first kappa shape index (κ1) is 19.5. The quantitative estimate of drug-likeness (QED) is 0.506. The van der Waals surface area contributed by atoms with E-state index in [9.17, 15) is 9.59 Å². The van der Waals surface area contributed by atoms with Crippen molar-refractivity contribution in [1.29, 1.82) is 0 Å². The fourth-order valence-corrected chi connectivity index (χ4v) is 2.74. The van der Waals surface area contributed by atoms with Crippen LogP contribution in [0.3, 0.4) is 0 Å². The Kier molecular flexibility index (Phi) is 5.62. The molecule has 0 fully saturated rings. The molecule has 0 unspecified atom stereocenters. The van der Waals surface area contributed by atoms with Crippen molar-refractivity contribution in [2.24, 2.45) is 0 Å². The lowest BCUT2D eigenvalue weighted by atomic mass is 10.2. The van der Waals surface area contributed by atoms with Gasteiger partial charge in [-0.1, -0.05) is 28.9 Å². The Morgan fingerprint density at radius 2 is 1.97 bits per heavy atom. The number of aromatic nitrogens is 5. The fourth-order valence-electron chi connectivity index (χ4n) is 2.61. The van der Waals surface area contributed by atoms with Crippen molar-refractivity contribution in [3.8, 4) is 23.0 Å². The second-order valence-electron chi connectivity index (χ2n) is 6.28. The summed E-state index contributed by atoms with van der Waals surface area (Å²) in [5.41, 5.74) is 1.42. The Hall–Kier alpha value is -3.85. The predicted octanol–water partition coefficient (Wildman–Crippen LogP) is 2.33. The monoisotopic (exact) mass is 422 g/mol. The van der Waals surface area contributed by atoms with Gasteiger partial charge in [-0.25, -0.2) is 4.68 Å². The van der Waals surface area contributed by atoms with E-state index < -0.39 is 5.56 Å². The number of halogens is 1. The first-order valence-electron chi connectivity index (χ1n) is 8.92. The van der Waals surface area contributed by atoms with Gasteiger partial charge in [0, 0.05) is 35.6 Å². The molecule has 1 N–H and O–H groups in total. The third kappa shape index (κ3) is 4.58. The molecule has 0 aliphatic heterocycles. The molecule has 0 aliphatic rings. The van der Waals surface area contributed by atoms with Crippen molar-refractivity contribution in [2.75, 3.05) is 0 Å². The van der Waals surface area contributed by atoms with E-state index in [1.807, 2.05) is 12.1 Å². The van der Waals surface area contributed by atoms with Gasteiger partial charge in [-0.3, -0.25) is 14.6 Å². The molecule has 1 aromatic carbocycles. The maximum atomic E-state index is 12.2. The molecule has 0 aliphatic carbocycles. The Balaban J connectivity index is 1.47. The second kappa shape index (κ2) is 8.66. The number of pyridine rings is 1. The third-order valence-electron chi connectivity index (χ3n) is 4.13. The van der Waals surface area contributed by atoms with E-state index in [4.69, 9.17) is 16.1 Å². The van der Waals surface area contributed by atoms with E-state index >= 15 is 0 Å². The number of carbonyl (C=O) groups excluding carboxylic acids is 1. The second-order valence-corrected chi connectivity index (χ2v) is 6.72. The van der Waals surface area contributed by atoms with Crippen LogP contribution in [0.2, 0.25) is 5.02 Å². The lowest BCUT2D eigenvalue weighted by molar-refractivity contribution is -0.122. The molecule has 3 aromatic heterocycles. The lowest BCUT2D eigenvalue weighted by Gasteiger charge is -2.07. The van der Waals surface area contributed by atoms with Crippen LogP contribution in [0.1, 0.15) is 5.56 Å². The van der Waals surface area contributed by atoms with Crippen LogP contribution in [0.15, 0.2) is 70.2 Å². The number of carbonyl (C=O) groups is 1. The van der Waals surface area contributed by atoms with Crippen LogP contribution in [0.4, 0.5) is 0 Å². The number of amides is 1. The van der Waals surface area contributed by atoms with Crippen molar-refractivity contribution in [2.45, 2.75) is 13.1 Å². The van der Waals surface area contributed by atoms with Gasteiger partial charge in [-0.2, -0.15) is 10.1 Å². The number of benzene rings is 1. The summed E-state index contributed by atoms with van der Waals surface area (Å²) in [6.07, 6.45) is 3.24. The van der Waals surface area contributed by atoms with Gasteiger partial charge >= 0.3 is 0 Å². The molecular weight excluding hydrogens is 408 g/mol. The summed E-state index contributed by atoms with van der Waals surface area (Å²) in [5, 5.41) is 11.4. The Morgan fingerprint density at radius 3 is 2.73 bits per heavy atom. The van der Waals surface area contributed by atoms with Gasteiger partial charge in [0.05, 0.1) is 0 Å². The first-order valence-corrected chi connectivity index (χ1v) is 9.30. The van der Waals surface area contributed by atoms with E-state index in [0.29, 0.717) is 23.0 Å². The zero-order chi connectivity index (χ0) is 20.9. The highest BCUT2D eigenvalue weighted by atomic mass is 35.5. The standard InChI is InChI=1S/C20H15ClN6O3/c21-15-5-3-13(4-6-15)10-23-17(28)12-27-18(29)8-7-16(25-27)20-24-19(26-30-20)14-2-1-9-22-11-14/h1-9,11H,10,12H2,(H,23,28). The molecule has 150 valence electrons. The first-order chi connectivity index (χ1) is 14.6. The summed E-state index contributed by atoms with van der Waals surface area (Å²) < 4.78 is 6.28. The highest BCUT2D eigenvalue weighted by Crippen LogP contribution is 2.19. The summed E-state index contributed by atoms with van der Waals surface area (Å²) >= 11 is 5.85. The molecule has 30 heavy (non-hydrogen) atoms. The molecule has 0 atom stereocenters. The number of rotatable bonds is 6. The van der Waals surface area contributed by atoms with E-state index in [1.165, 1.54) is 12.1 Å². The SMILES string of the molecule is O=C(Cn1nc(-c2nc(-c3cccnc3)no2)ccc1=O)NCc1ccc(Cl)cc1. The van der Waals surface area contributed by atoms with Gasteiger partial charge in [-0.05, 0) is 35.9 Å². The maximum Gasteiger partial charge on any atom is 0.278 e. The lowest BCUT2D eigenvalue weighted by Crippen LogP contribution is -2.33. The summed E-state index contributed by atoms with van der Waals surface area (Å²) in [5.74, 6) is 0.112.